The molecule has 1 amide bonds. The molecule has 6 nitrogen and oxygen atoms in total. The van der Waals surface area contributed by atoms with Crippen molar-refractivity contribution in [3.8, 4) is 11.5 Å². The quantitative estimate of drug-likeness (QED) is 0.277. The highest BCUT2D eigenvalue weighted by Gasteiger charge is 2.49. The molecule has 1 N–H and O–H groups in total. The van der Waals surface area contributed by atoms with Gasteiger partial charge in [-0.15, -0.1) is 0 Å². The standard InChI is InChI=1S/C29H35NO5/c1-4-17-34-23-13-9-20(10-14-23)26-25(28(32)29(33)30(26)22-7-5-6-8-22)27(31)21-11-15-24(16-12-21)35-18-19(2)3/h9-16,19,22,26,31H,4-8,17-18H2,1-3H3/b27-25-. The van der Waals surface area contributed by atoms with Crippen LogP contribution in [0.1, 0.15) is 70.0 Å². The number of benzene rings is 2. The number of likely N-dealkylation sites (tertiary alicyclic amines) is 1. The van der Waals surface area contributed by atoms with Gasteiger partial charge in [0.1, 0.15) is 17.3 Å². The van der Waals surface area contributed by atoms with E-state index in [1.54, 1.807) is 29.2 Å². The van der Waals surface area contributed by atoms with E-state index in [0.29, 0.717) is 30.4 Å². The first kappa shape index (κ1) is 24.8. The second kappa shape index (κ2) is 11.0. The summed E-state index contributed by atoms with van der Waals surface area (Å²) in [6.07, 6.45) is 4.70. The van der Waals surface area contributed by atoms with Crippen molar-refractivity contribution < 1.29 is 24.2 Å². The Kier molecular flexibility index (Phi) is 7.79. The van der Waals surface area contributed by atoms with Crippen LogP contribution in [0, 0.1) is 5.92 Å². The maximum Gasteiger partial charge on any atom is 0.295 e. The van der Waals surface area contributed by atoms with E-state index in [9.17, 15) is 14.7 Å². The van der Waals surface area contributed by atoms with Crippen LogP contribution in [0.3, 0.4) is 0 Å². The summed E-state index contributed by atoms with van der Waals surface area (Å²) >= 11 is 0. The van der Waals surface area contributed by atoms with E-state index in [2.05, 4.69) is 13.8 Å². The van der Waals surface area contributed by atoms with Crippen LogP contribution in [0.2, 0.25) is 0 Å². The molecule has 2 aromatic carbocycles. The molecular formula is C29H35NO5. The lowest BCUT2D eigenvalue weighted by Gasteiger charge is -2.30. The molecule has 2 aromatic rings. The van der Waals surface area contributed by atoms with E-state index >= 15 is 0 Å². The Bertz CT molecular complexity index is 1070. The molecule has 2 fully saturated rings. The second-order valence-corrected chi connectivity index (χ2v) is 9.79. The maximum absolute atomic E-state index is 13.3. The number of rotatable bonds is 9. The molecule has 1 unspecified atom stereocenters. The number of ketones is 1. The SMILES string of the molecule is CCCOc1ccc(C2/C(=C(/O)c3ccc(OCC(C)C)cc3)C(=O)C(=O)N2C2CCCC2)cc1. The van der Waals surface area contributed by atoms with E-state index in [4.69, 9.17) is 9.47 Å². The molecule has 1 atom stereocenters. The number of hydrogen-bond donors (Lipinski definition) is 1. The van der Waals surface area contributed by atoms with Gasteiger partial charge in [0, 0.05) is 11.6 Å². The number of nitrogens with zero attached hydrogens (tertiary/aromatic N) is 1. The fraction of sp³-hybridized carbons (Fsp3) is 0.448. The molecule has 1 saturated heterocycles. The number of hydrogen-bond acceptors (Lipinski definition) is 5. The van der Waals surface area contributed by atoms with Crippen LogP contribution < -0.4 is 9.47 Å². The third kappa shape index (κ3) is 5.37. The Morgan fingerprint density at radius 2 is 1.57 bits per heavy atom. The summed E-state index contributed by atoms with van der Waals surface area (Å²) < 4.78 is 11.5. The lowest BCUT2D eigenvalue weighted by Crippen LogP contribution is -2.37. The van der Waals surface area contributed by atoms with E-state index in [-0.39, 0.29) is 17.4 Å². The highest BCUT2D eigenvalue weighted by Crippen LogP contribution is 2.43. The van der Waals surface area contributed by atoms with Gasteiger partial charge in [-0.3, -0.25) is 9.59 Å². The molecule has 2 aliphatic rings. The molecule has 0 bridgehead atoms. The largest absolute Gasteiger partial charge is 0.507 e. The van der Waals surface area contributed by atoms with Crippen molar-refractivity contribution in [1.82, 2.24) is 4.90 Å². The van der Waals surface area contributed by atoms with Gasteiger partial charge in [0.15, 0.2) is 0 Å². The highest BCUT2D eigenvalue weighted by molar-refractivity contribution is 6.46. The first-order chi connectivity index (χ1) is 16.9. The minimum Gasteiger partial charge on any atom is -0.507 e. The van der Waals surface area contributed by atoms with Crippen LogP contribution in [0.15, 0.2) is 54.1 Å². The summed E-state index contributed by atoms with van der Waals surface area (Å²) in [5, 5.41) is 11.3. The Hall–Kier alpha value is -3.28. The predicted molar refractivity (Wildman–Crippen MR) is 135 cm³/mol. The van der Waals surface area contributed by atoms with Crippen molar-refractivity contribution in [2.75, 3.05) is 13.2 Å². The molecule has 1 heterocycles. The zero-order valence-corrected chi connectivity index (χ0v) is 20.8. The predicted octanol–water partition coefficient (Wildman–Crippen LogP) is 5.87. The summed E-state index contributed by atoms with van der Waals surface area (Å²) in [6, 6.07) is 13.9. The van der Waals surface area contributed by atoms with Crippen LogP contribution in [-0.2, 0) is 9.59 Å². The normalized spacial score (nSPS) is 20.1. The fourth-order valence-corrected chi connectivity index (χ4v) is 4.83. The van der Waals surface area contributed by atoms with Crippen molar-refractivity contribution >= 4 is 17.4 Å². The number of Topliss-reactive ketones (excluding diaryl/α,β-unsaturated/α-hetero) is 1. The number of amides is 1. The summed E-state index contributed by atoms with van der Waals surface area (Å²) in [6.45, 7) is 7.41. The van der Waals surface area contributed by atoms with Gasteiger partial charge in [0.05, 0.1) is 24.8 Å². The van der Waals surface area contributed by atoms with Crippen LogP contribution >= 0.6 is 0 Å². The van der Waals surface area contributed by atoms with Crippen LogP contribution in [0.25, 0.3) is 5.76 Å². The average molecular weight is 478 g/mol. The van der Waals surface area contributed by atoms with E-state index in [1.165, 1.54) is 0 Å². The van der Waals surface area contributed by atoms with E-state index in [0.717, 1.165) is 43.4 Å². The molecule has 0 aromatic heterocycles. The third-order valence-electron chi connectivity index (χ3n) is 6.58. The number of carbonyl (C=O) groups is 2. The first-order valence-corrected chi connectivity index (χ1v) is 12.7. The molecule has 35 heavy (non-hydrogen) atoms. The number of aliphatic hydroxyl groups is 1. The van der Waals surface area contributed by atoms with Gasteiger partial charge in [-0.2, -0.15) is 0 Å². The Labute approximate surface area is 207 Å². The van der Waals surface area contributed by atoms with Crippen molar-refractivity contribution in [2.24, 2.45) is 5.92 Å². The lowest BCUT2D eigenvalue weighted by molar-refractivity contribution is -0.141. The molecule has 1 aliphatic heterocycles. The Balaban J connectivity index is 1.72. The van der Waals surface area contributed by atoms with Crippen molar-refractivity contribution in [3.05, 3.63) is 65.2 Å². The highest BCUT2D eigenvalue weighted by atomic mass is 16.5. The van der Waals surface area contributed by atoms with Crippen LogP contribution in [-0.4, -0.2) is 41.0 Å². The molecule has 4 rings (SSSR count). The number of aliphatic hydroxyl groups excluding tert-OH is 1. The lowest BCUT2D eigenvalue weighted by atomic mass is 9.94. The van der Waals surface area contributed by atoms with Gasteiger partial charge >= 0.3 is 0 Å². The van der Waals surface area contributed by atoms with Gasteiger partial charge in [-0.05, 0) is 67.1 Å². The summed E-state index contributed by atoms with van der Waals surface area (Å²) in [7, 11) is 0. The minimum absolute atomic E-state index is 0.00965. The van der Waals surface area contributed by atoms with Crippen molar-refractivity contribution in [3.63, 3.8) is 0 Å². The summed E-state index contributed by atoms with van der Waals surface area (Å²) in [4.78, 5) is 28.2. The van der Waals surface area contributed by atoms with Crippen LogP contribution in [0.5, 0.6) is 11.5 Å². The molecule has 1 aliphatic carbocycles. The molecule has 1 saturated carbocycles. The van der Waals surface area contributed by atoms with Gasteiger partial charge in [-0.1, -0.05) is 45.7 Å². The molecule has 0 radical (unpaired) electrons. The zero-order chi connectivity index (χ0) is 24.9. The topological polar surface area (TPSA) is 76.1 Å². The number of ether oxygens (including phenoxy) is 2. The second-order valence-electron chi connectivity index (χ2n) is 9.79. The van der Waals surface area contributed by atoms with Crippen LogP contribution in [0.4, 0.5) is 0 Å². The molecular weight excluding hydrogens is 442 g/mol. The maximum atomic E-state index is 13.3. The fourth-order valence-electron chi connectivity index (χ4n) is 4.83. The van der Waals surface area contributed by atoms with Gasteiger partial charge in [-0.25, -0.2) is 0 Å². The van der Waals surface area contributed by atoms with E-state index in [1.807, 2.05) is 31.2 Å². The minimum atomic E-state index is -0.633. The average Bonchev–Trinajstić information content (AvgIpc) is 3.48. The van der Waals surface area contributed by atoms with Gasteiger partial charge < -0.3 is 19.5 Å². The third-order valence-corrected chi connectivity index (χ3v) is 6.58. The monoisotopic (exact) mass is 477 g/mol. The Morgan fingerprint density at radius 3 is 2.17 bits per heavy atom. The van der Waals surface area contributed by atoms with Crippen molar-refractivity contribution in [1.29, 1.82) is 0 Å². The molecule has 186 valence electrons. The molecule has 6 heteroatoms. The zero-order valence-electron chi connectivity index (χ0n) is 20.8. The molecule has 0 spiro atoms. The summed E-state index contributed by atoms with van der Waals surface area (Å²) in [5.74, 6) is 0.507. The van der Waals surface area contributed by atoms with Crippen molar-refractivity contribution in [2.45, 2.75) is 65.0 Å². The Morgan fingerprint density at radius 1 is 0.971 bits per heavy atom. The van der Waals surface area contributed by atoms with E-state index < -0.39 is 17.7 Å². The number of carbonyl (C=O) groups excluding carboxylic acids is 2. The first-order valence-electron chi connectivity index (χ1n) is 12.7. The van der Waals surface area contributed by atoms with Gasteiger partial charge in [0.25, 0.3) is 11.7 Å². The summed E-state index contributed by atoms with van der Waals surface area (Å²) in [5.41, 5.74) is 1.41. The van der Waals surface area contributed by atoms with Gasteiger partial charge in [0.2, 0.25) is 0 Å². The smallest absolute Gasteiger partial charge is 0.295 e.